The van der Waals surface area contributed by atoms with E-state index in [0.29, 0.717) is 12.4 Å². The van der Waals surface area contributed by atoms with E-state index < -0.39 is 26.0 Å². The van der Waals surface area contributed by atoms with Crippen LogP contribution in [0.25, 0.3) is 0 Å². The lowest BCUT2D eigenvalue weighted by Crippen LogP contribution is -2.24. The lowest BCUT2D eigenvalue weighted by atomic mass is 10.1. The van der Waals surface area contributed by atoms with Gasteiger partial charge in [-0.1, -0.05) is 19.6 Å². The van der Waals surface area contributed by atoms with E-state index >= 15 is 0 Å². The van der Waals surface area contributed by atoms with E-state index in [0.717, 1.165) is 6.04 Å². The SMILES string of the molecule is CCOC(=O)[C@H](OCOCC[Si](C)(C)C)c1ccc(OC)cc1F. The predicted molar refractivity (Wildman–Crippen MR) is 92.4 cm³/mol. The van der Waals surface area contributed by atoms with E-state index in [1.54, 1.807) is 13.0 Å². The van der Waals surface area contributed by atoms with E-state index in [2.05, 4.69) is 19.6 Å². The predicted octanol–water partition coefficient (Wildman–Crippen LogP) is 3.77. The van der Waals surface area contributed by atoms with Crippen LogP contribution in [0, 0.1) is 5.82 Å². The van der Waals surface area contributed by atoms with Crippen molar-refractivity contribution in [2.24, 2.45) is 0 Å². The third kappa shape index (κ3) is 6.98. The van der Waals surface area contributed by atoms with Gasteiger partial charge in [0.25, 0.3) is 0 Å². The standard InChI is InChI=1S/C17H27FO5Si/c1-6-22-17(19)16(23-12-21-9-10-24(3,4)5)14-8-7-13(20-2)11-15(14)18/h7-8,11,16H,6,9-10,12H2,1-5H3/t16-/m1/s1. The number of carbonyl (C=O) groups is 1. The van der Waals surface area contributed by atoms with Gasteiger partial charge in [-0.15, -0.1) is 0 Å². The average molecular weight is 358 g/mol. The quantitative estimate of drug-likeness (QED) is 0.276. The van der Waals surface area contributed by atoms with Crippen LogP contribution in [0.15, 0.2) is 18.2 Å². The molecule has 0 aliphatic heterocycles. The van der Waals surface area contributed by atoms with Gasteiger partial charge in [0, 0.05) is 26.3 Å². The Labute approximate surface area is 144 Å². The molecule has 0 N–H and O–H groups in total. The van der Waals surface area contributed by atoms with Gasteiger partial charge in [-0.25, -0.2) is 9.18 Å². The highest BCUT2D eigenvalue weighted by Crippen LogP contribution is 2.25. The number of hydrogen-bond acceptors (Lipinski definition) is 5. The minimum atomic E-state index is -1.20. The van der Waals surface area contributed by atoms with Gasteiger partial charge in [0.05, 0.1) is 13.7 Å². The van der Waals surface area contributed by atoms with Gasteiger partial charge in [0.1, 0.15) is 18.4 Å². The first-order chi connectivity index (χ1) is 11.3. The van der Waals surface area contributed by atoms with Crippen molar-refractivity contribution in [3.63, 3.8) is 0 Å². The molecule has 0 amide bonds. The van der Waals surface area contributed by atoms with Crippen LogP contribution in [0.1, 0.15) is 18.6 Å². The number of rotatable bonds is 10. The number of ether oxygens (including phenoxy) is 4. The van der Waals surface area contributed by atoms with Crippen molar-refractivity contribution in [3.05, 3.63) is 29.6 Å². The molecule has 5 nitrogen and oxygen atoms in total. The third-order valence-electron chi connectivity index (χ3n) is 3.31. The van der Waals surface area contributed by atoms with Crippen LogP contribution < -0.4 is 4.74 Å². The number of halogens is 1. The minimum absolute atomic E-state index is 0.0978. The Morgan fingerprint density at radius 1 is 1.29 bits per heavy atom. The maximum Gasteiger partial charge on any atom is 0.340 e. The summed E-state index contributed by atoms with van der Waals surface area (Å²) in [5.41, 5.74) is 0.100. The lowest BCUT2D eigenvalue weighted by Gasteiger charge is -2.19. The number of methoxy groups -OCH3 is 1. The van der Waals surface area contributed by atoms with Gasteiger partial charge in [-0.2, -0.15) is 0 Å². The zero-order valence-corrected chi connectivity index (χ0v) is 16.1. The maximum atomic E-state index is 14.2. The van der Waals surface area contributed by atoms with E-state index in [9.17, 15) is 9.18 Å². The molecule has 1 atom stereocenters. The Bertz CT molecular complexity index is 530. The maximum absolute atomic E-state index is 14.2. The molecule has 0 spiro atoms. The Morgan fingerprint density at radius 3 is 2.54 bits per heavy atom. The molecule has 1 aromatic carbocycles. The molecule has 0 aliphatic carbocycles. The minimum Gasteiger partial charge on any atom is -0.497 e. The second-order valence-corrected chi connectivity index (χ2v) is 12.1. The van der Waals surface area contributed by atoms with Crippen molar-refractivity contribution in [1.82, 2.24) is 0 Å². The molecule has 24 heavy (non-hydrogen) atoms. The van der Waals surface area contributed by atoms with Gasteiger partial charge in [-0.05, 0) is 25.1 Å². The van der Waals surface area contributed by atoms with E-state index in [4.69, 9.17) is 18.9 Å². The Hall–Kier alpha value is -1.44. The Kier molecular flexibility index (Phi) is 8.37. The molecular formula is C17H27FO5Si. The molecule has 1 aromatic rings. The lowest BCUT2D eigenvalue weighted by molar-refractivity contribution is -0.167. The molecule has 0 radical (unpaired) electrons. The van der Waals surface area contributed by atoms with Crippen LogP contribution in [0.4, 0.5) is 4.39 Å². The van der Waals surface area contributed by atoms with Gasteiger partial charge in [0.15, 0.2) is 6.10 Å². The normalized spacial score (nSPS) is 12.8. The van der Waals surface area contributed by atoms with Crippen molar-refractivity contribution in [1.29, 1.82) is 0 Å². The van der Waals surface area contributed by atoms with Gasteiger partial charge in [0.2, 0.25) is 0 Å². The van der Waals surface area contributed by atoms with Crippen molar-refractivity contribution in [2.75, 3.05) is 27.1 Å². The van der Waals surface area contributed by atoms with Crippen LogP contribution in [-0.2, 0) is 19.0 Å². The smallest absolute Gasteiger partial charge is 0.340 e. The molecule has 0 saturated carbocycles. The fourth-order valence-corrected chi connectivity index (χ4v) is 2.66. The molecule has 1 rings (SSSR count). The van der Waals surface area contributed by atoms with Crippen molar-refractivity contribution < 1.29 is 28.1 Å². The van der Waals surface area contributed by atoms with Crippen LogP contribution in [0.2, 0.25) is 25.7 Å². The summed E-state index contributed by atoms with van der Waals surface area (Å²) in [4.78, 5) is 12.1. The highest BCUT2D eigenvalue weighted by molar-refractivity contribution is 6.76. The van der Waals surface area contributed by atoms with Crippen LogP contribution >= 0.6 is 0 Å². The fraction of sp³-hybridized carbons (Fsp3) is 0.588. The zero-order chi connectivity index (χ0) is 18.2. The monoisotopic (exact) mass is 358 g/mol. The molecule has 136 valence electrons. The second kappa shape index (κ2) is 9.76. The first kappa shape index (κ1) is 20.6. The summed E-state index contributed by atoms with van der Waals surface area (Å²) in [5, 5.41) is 0. The average Bonchev–Trinajstić information content (AvgIpc) is 2.50. The molecule has 0 heterocycles. The summed E-state index contributed by atoms with van der Waals surface area (Å²) in [7, 11) is 0.246. The number of hydrogen-bond donors (Lipinski definition) is 0. The molecule has 0 bridgehead atoms. The van der Waals surface area contributed by atoms with E-state index in [-0.39, 0.29) is 19.0 Å². The third-order valence-corrected chi connectivity index (χ3v) is 5.01. The van der Waals surface area contributed by atoms with Crippen LogP contribution in [0.3, 0.4) is 0 Å². The highest BCUT2D eigenvalue weighted by atomic mass is 28.3. The summed E-state index contributed by atoms with van der Waals surface area (Å²) in [6.45, 7) is 9.05. The molecule has 0 aromatic heterocycles. The Balaban J connectivity index is 2.73. The summed E-state index contributed by atoms with van der Waals surface area (Å²) in [5.74, 6) is -0.866. The fourth-order valence-electron chi connectivity index (χ4n) is 1.90. The van der Waals surface area contributed by atoms with E-state index in [1.807, 2.05) is 0 Å². The summed E-state index contributed by atoms with van der Waals surface area (Å²) in [6.07, 6.45) is -1.16. The summed E-state index contributed by atoms with van der Waals surface area (Å²) in [6, 6.07) is 5.21. The number of esters is 1. The molecule has 0 aliphatic rings. The van der Waals surface area contributed by atoms with Crippen LogP contribution in [-0.4, -0.2) is 41.2 Å². The topological polar surface area (TPSA) is 54.0 Å². The van der Waals surface area contributed by atoms with Crippen molar-refractivity contribution in [2.45, 2.75) is 38.7 Å². The van der Waals surface area contributed by atoms with Crippen molar-refractivity contribution >= 4 is 14.0 Å². The first-order valence-electron chi connectivity index (χ1n) is 7.98. The van der Waals surface area contributed by atoms with Crippen molar-refractivity contribution in [3.8, 4) is 5.75 Å². The van der Waals surface area contributed by atoms with Gasteiger partial charge >= 0.3 is 5.97 Å². The van der Waals surface area contributed by atoms with E-state index in [1.165, 1.54) is 19.2 Å². The molecule has 0 unspecified atom stereocenters. The molecule has 0 fully saturated rings. The van der Waals surface area contributed by atoms with Gasteiger partial charge in [-0.3, -0.25) is 0 Å². The molecule has 7 heteroatoms. The largest absolute Gasteiger partial charge is 0.497 e. The second-order valence-electron chi connectivity index (χ2n) is 6.52. The number of carbonyl (C=O) groups excluding carboxylic acids is 1. The highest BCUT2D eigenvalue weighted by Gasteiger charge is 2.26. The summed E-state index contributed by atoms with van der Waals surface area (Å²) < 4.78 is 35.0. The first-order valence-corrected chi connectivity index (χ1v) is 11.7. The van der Waals surface area contributed by atoms with Gasteiger partial charge < -0.3 is 18.9 Å². The molecular weight excluding hydrogens is 331 g/mol. The number of benzene rings is 1. The zero-order valence-electron chi connectivity index (χ0n) is 15.1. The summed E-state index contributed by atoms with van der Waals surface area (Å²) >= 11 is 0. The molecule has 0 saturated heterocycles. The Morgan fingerprint density at radius 2 is 2.00 bits per heavy atom. The van der Waals surface area contributed by atoms with Crippen LogP contribution in [0.5, 0.6) is 5.75 Å².